The third-order valence-corrected chi connectivity index (χ3v) is 4.02. The van der Waals surface area contributed by atoms with E-state index in [1.165, 1.54) is 24.3 Å². The molecule has 0 aliphatic rings. The van der Waals surface area contributed by atoms with Crippen molar-refractivity contribution >= 4 is 5.97 Å². The molecule has 0 aromatic heterocycles. The molecule has 0 radical (unpaired) electrons. The van der Waals surface area contributed by atoms with Crippen LogP contribution in [0, 0.1) is 11.7 Å². The quantitative estimate of drug-likeness (QED) is 0.495. The summed E-state index contributed by atoms with van der Waals surface area (Å²) >= 11 is 0. The number of hydrogen-bond donors (Lipinski definition) is 2. The molecule has 0 amide bonds. The molecule has 0 bridgehead atoms. The van der Waals surface area contributed by atoms with Crippen molar-refractivity contribution in [3.8, 4) is 0 Å². The Morgan fingerprint density at radius 2 is 1.77 bits per heavy atom. The Labute approximate surface area is 152 Å². The van der Waals surface area contributed by atoms with E-state index in [1.807, 2.05) is 30.3 Å². The Morgan fingerprint density at radius 3 is 2.42 bits per heavy atom. The average Bonchev–Trinajstić information content (AvgIpc) is 2.64. The highest BCUT2D eigenvalue weighted by Gasteiger charge is 2.21. The van der Waals surface area contributed by atoms with Crippen LogP contribution in [-0.4, -0.2) is 22.8 Å². The molecule has 138 valence electrons. The van der Waals surface area contributed by atoms with Crippen LogP contribution in [0.1, 0.15) is 30.1 Å². The maximum Gasteiger partial charge on any atom is 0.306 e. The Hall–Kier alpha value is -2.50. The molecule has 0 saturated carbocycles. The van der Waals surface area contributed by atoms with E-state index < -0.39 is 23.8 Å². The van der Waals surface area contributed by atoms with Crippen LogP contribution in [0.3, 0.4) is 0 Å². The second-order valence-corrected chi connectivity index (χ2v) is 6.05. The van der Waals surface area contributed by atoms with Crippen LogP contribution < -0.4 is 0 Å². The molecule has 2 atom stereocenters. The molecular formula is C21H23FO4. The maximum atomic E-state index is 12.9. The highest BCUT2D eigenvalue weighted by molar-refractivity contribution is 5.70. The number of aliphatic carboxylic acids is 1. The zero-order valence-corrected chi connectivity index (χ0v) is 14.4. The van der Waals surface area contributed by atoms with Crippen molar-refractivity contribution in [2.45, 2.75) is 25.6 Å². The summed E-state index contributed by atoms with van der Waals surface area (Å²) < 4.78 is 18.4. The van der Waals surface area contributed by atoms with E-state index in [9.17, 15) is 19.4 Å². The van der Waals surface area contributed by atoms with Gasteiger partial charge in [-0.3, -0.25) is 4.79 Å². The molecule has 2 rings (SSSR count). The van der Waals surface area contributed by atoms with Crippen LogP contribution in [0.25, 0.3) is 0 Å². The zero-order chi connectivity index (χ0) is 18.8. The van der Waals surface area contributed by atoms with Gasteiger partial charge in [0.25, 0.3) is 0 Å². The number of allylic oxidation sites excluding steroid dienone is 1. The Balaban J connectivity index is 1.76. The molecule has 2 aromatic carbocycles. The van der Waals surface area contributed by atoms with Crippen LogP contribution in [0.2, 0.25) is 0 Å². The van der Waals surface area contributed by atoms with E-state index in [1.54, 1.807) is 12.2 Å². The number of aliphatic hydroxyl groups excluding tert-OH is 1. The minimum Gasteiger partial charge on any atom is -0.481 e. The molecule has 2 N–H and O–H groups in total. The van der Waals surface area contributed by atoms with Gasteiger partial charge in [-0.2, -0.15) is 0 Å². The molecule has 4 nitrogen and oxygen atoms in total. The lowest BCUT2D eigenvalue weighted by Crippen LogP contribution is -2.16. The van der Waals surface area contributed by atoms with Crippen molar-refractivity contribution in [3.05, 3.63) is 83.7 Å². The summed E-state index contributed by atoms with van der Waals surface area (Å²) in [5.74, 6) is -2.09. The molecule has 5 heteroatoms. The molecule has 0 aliphatic heterocycles. The zero-order valence-electron chi connectivity index (χ0n) is 14.4. The number of carbonyl (C=O) groups is 1. The number of ether oxygens (including phenoxy) is 1. The standard InChI is InChI=1S/C21H23FO4/c22-19-11-9-17(10-12-19)20(23)14-18(21(24)25)8-4-5-13-26-15-16-6-2-1-3-7-16/h1-7,9-12,18,20,23H,8,13-15H2,(H,24,25)/b5-4-. The fraction of sp³-hybridized carbons (Fsp3) is 0.286. The lowest BCUT2D eigenvalue weighted by molar-refractivity contribution is -0.142. The van der Waals surface area contributed by atoms with E-state index in [0.29, 0.717) is 25.2 Å². The molecular weight excluding hydrogens is 335 g/mol. The molecule has 0 spiro atoms. The smallest absolute Gasteiger partial charge is 0.306 e. The van der Waals surface area contributed by atoms with Gasteiger partial charge in [0, 0.05) is 0 Å². The van der Waals surface area contributed by atoms with Crippen molar-refractivity contribution < 1.29 is 24.1 Å². The van der Waals surface area contributed by atoms with Gasteiger partial charge in [0.05, 0.1) is 25.2 Å². The number of benzene rings is 2. The normalized spacial score (nSPS) is 13.6. The average molecular weight is 358 g/mol. The summed E-state index contributed by atoms with van der Waals surface area (Å²) in [6.07, 6.45) is 2.95. The summed E-state index contributed by atoms with van der Waals surface area (Å²) in [4.78, 5) is 11.4. The van der Waals surface area contributed by atoms with Gasteiger partial charge < -0.3 is 14.9 Å². The highest BCUT2D eigenvalue weighted by Crippen LogP contribution is 2.24. The molecule has 0 fully saturated rings. The van der Waals surface area contributed by atoms with Crippen LogP contribution in [0.5, 0.6) is 0 Å². The molecule has 2 aromatic rings. The molecule has 2 unspecified atom stereocenters. The van der Waals surface area contributed by atoms with Crippen LogP contribution in [-0.2, 0) is 16.1 Å². The maximum absolute atomic E-state index is 12.9. The Kier molecular flexibility index (Phi) is 7.99. The minimum atomic E-state index is -0.971. The van der Waals surface area contributed by atoms with Gasteiger partial charge in [-0.25, -0.2) is 4.39 Å². The number of carboxylic acids is 1. The molecule has 0 aliphatic carbocycles. The van der Waals surface area contributed by atoms with E-state index in [4.69, 9.17) is 4.74 Å². The van der Waals surface area contributed by atoms with Crippen LogP contribution in [0.15, 0.2) is 66.7 Å². The van der Waals surface area contributed by atoms with Gasteiger partial charge in [-0.15, -0.1) is 0 Å². The lowest BCUT2D eigenvalue weighted by Gasteiger charge is -2.16. The van der Waals surface area contributed by atoms with Crippen molar-refractivity contribution in [1.82, 2.24) is 0 Å². The van der Waals surface area contributed by atoms with Crippen molar-refractivity contribution in [3.63, 3.8) is 0 Å². The first-order valence-corrected chi connectivity index (χ1v) is 8.49. The fourth-order valence-electron chi connectivity index (χ4n) is 2.54. The first kappa shape index (κ1) is 19.8. The largest absolute Gasteiger partial charge is 0.481 e. The third-order valence-electron chi connectivity index (χ3n) is 4.02. The van der Waals surface area contributed by atoms with Gasteiger partial charge in [0.2, 0.25) is 0 Å². The lowest BCUT2D eigenvalue weighted by atomic mass is 9.94. The SMILES string of the molecule is O=C(O)C(C/C=C\COCc1ccccc1)CC(O)c1ccc(F)cc1. The Bertz CT molecular complexity index is 698. The van der Waals surface area contributed by atoms with E-state index in [2.05, 4.69) is 0 Å². The monoisotopic (exact) mass is 358 g/mol. The number of aliphatic hydroxyl groups is 1. The van der Waals surface area contributed by atoms with E-state index in [-0.39, 0.29) is 6.42 Å². The molecule has 26 heavy (non-hydrogen) atoms. The summed E-state index contributed by atoms with van der Waals surface area (Å²) in [6, 6.07) is 15.2. The number of rotatable bonds is 10. The van der Waals surface area contributed by atoms with E-state index >= 15 is 0 Å². The van der Waals surface area contributed by atoms with Gasteiger partial charge in [-0.1, -0.05) is 54.6 Å². The molecule has 0 saturated heterocycles. The van der Waals surface area contributed by atoms with Crippen LogP contribution >= 0.6 is 0 Å². The van der Waals surface area contributed by atoms with Gasteiger partial charge in [0.15, 0.2) is 0 Å². The Morgan fingerprint density at radius 1 is 1.08 bits per heavy atom. The van der Waals surface area contributed by atoms with Crippen molar-refractivity contribution in [1.29, 1.82) is 0 Å². The number of halogens is 1. The highest BCUT2D eigenvalue weighted by atomic mass is 19.1. The first-order valence-electron chi connectivity index (χ1n) is 8.49. The minimum absolute atomic E-state index is 0.0657. The first-order chi connectivity index (χ1) is 12.6. The van der Waals surface area contributed by atoms with Crippen molar-refractivity contribution in [2.24, 2.45) is 5.92 Å². The second-order valence-electron chi connectivity index (χ2n) is 6.05. The summed E-state index contributed by atoms with van der Waals surface area (Å²) in [7, 11) is 0. The number of carboxylic acid groups (broad SMARTS) is 1. The summed E-state index contributed by atoms with van der Waals surface area (Å²) in [5.41, 5.74) is 1.58. The predicted octanol–water partition coefficient (Wildman–Crippen LogP) is 4.11. The number of hydrogen-bond acceptors (Lipinski definition) is 3. The summed E-state index contributed by atoms with van der Waals surface area (Å²) in [6.45, 7) is 0.887. The third kappa shape index (κ3) is 6.78. The second kappa shape index (κ2) is 10.5. The fourth-order valence-corrected chi connectivity index (χ4v) is 2.54. The predicted molar refractivity (Wildman–Crippen MR) is 97.0 cm³/mol. The molecule has 0 heterocycles. The van der Waals surface area contributed by atoms with Gasteiger partial charge in [-0.05, 0) is 36.1 Å². The van der Waals surface area contributed by atoms with Gasteiger partial charge in [0.1, 0.15) is 5.82 Å². The van der Waals surface area contributed by atoms with Crippen molar-refractivity contribution in [2.75, 3.05) is 6.61 Å². The topological polar surface area (TPSA) is 66.8 Å². The van der Waals surface area contributed by atoms with Gasteiger partial charge >= 0.3 is 5.97 Å². The van der Waals surface area contributed by atoms with E-state index in [0.717, 1.165) is 5.56 Å². The summed E-state index contributed by atoms with van der Waals surface area (Å²) in [5, 5.41) is 19.5. The van der Waals surface area contributed by atoms with Crippen LogP contribution in [0.4, 0.5) is 4.39 Å².